The van der Waals surface area contributed by atoms with Crippen LogP contribution in [0.3, 0.4) is 0 Å². The van der Waals surface area contributed by atoms with Crippen molar-refractivity contribution in [1.29, 1.82) is 0 Å². The Kier molecular flexibility index (Phi) is 6.90. The number of fused-ring (bicyclic) bond motifs is 3. The van der Waals surface area contributed by atoms with Gasteiger partial charge in [-0.25, -0.2) is 0 Å². The minimum Gasteiger partial charge on any atom is -0.511 e. The molecule has 3 aliphatic rings. The maximum atomic E-state index is 14.3. The second-order valence-corrected chi connectivity index (χ2v) is 13.3. The normalized spacial score (nSPS) is 24.1. The minimum atomic E-state index is -2.59. The average Bonchev–Trinajstić information content (AvgIpc) is 2.84. The van der Waals surface area contributed by atoms with Gasteiger partial charge in [-0.3, -0.25) is 14.4 Å². The van der Waals surface area contributed by atoms with Crippen molar-refractivity contribution in [2.75, 3.05) is 14.1 Å². The molecule has 0 aromatic heterocycles. The van der Waals surface area contributed by atoms with Crippen molar-refractivity contribution in [2.24, 2.45) is 17.6 Å². The number of aliphatic hydroxyl groups is 3. The van der Waals surface area contributed by atoms with Crippen LogP contribution in [0.2, 0.25) is 0 Å². The summed E-state index contributed by atoms with van der Waals surface area (Å²) in [5, 5.41) is 45.0. The number of phenolic OH excluding ortho intramolecular Hbond substituents is 1. The standard InChI is InChI=1S/C33H38N2O7/c1-15-7-16(14-35(5)6)9-17(8-15)20-13-22(32(2,3)4)27(37)25-21(20)11-18-10-19-12-23(36)26(31(34)41)30(40)33(19,42)29(39)24(18)28(25)38/h7-9,13,18-19,36-37,39,42H,10-12,14H2,1-6H3,(H2,34,41)/t18-,19+,33+/m1/s1. The number of aliphatic hydroxyl groups excluding tert-OH is 2. The largest absolute Gasteiger partial charge is 0.511 e. The van der Waals surface area contributed by atoms with Gasteiger partial charge in [-0.1, -0.05) is 38.5 Å². The van der Waals surface area contributed by atoms with Crippen LogP contribution in [-0.2, 0) is 28.0 Å². The Morgan fingerprint density at radius 3 is 2.33 bits per heavy atom. The Balaban J connectivity index is 1.76. The fraction of sp³-hybridized carbons (Fsp3) is 0.424. The number of aromatic hydroxyl groups is 1. The van der Waals surface area contributed by atoms with Gasteiger partial charge in [0, 0.05) is 30.0 Å². The number of primary amides is 1. The van der Waals surface area contributed by atoms with E-state index in [1.807, 2.05) is 53.9 Å². The number of hydrogen-bond acceptors (Lipinski definition) is 8. The van der Waals surface area contributed by atoms with Gasteiger partial charge >= 0.3 is 0 Å². The predicted octanol–water partition coefficient (Wildman–Crippen LogP) is 3.92. The van der Waals surface area contributed by atoms with E-state index in [0.717, 1.165) is 22.3 Å². The van der Waals surface area contributed by atoms with Crippen LogP contribution in [0.25, 0.3) is 11.1 Å². The van der Waals surface area contributed by atoms with Crippen molar-refractivity contribution in [1.82, 2.24) is 4.90 Å². The average molecular weight is 575 g/mol. The number of aryl methyl sites for hydroxylation is 1. The fourth-order valence-electron chi connectivity index (χ4n) is 6.99. The first-order valence-electron chi connectivity index (χ1n) is 14.1. The van der Waals surface area contributed by atoms with Crippen molar-refractivity contribution in [3.63, 3.8) is 0 Å². The molecule has 3 atom stereocenters. The molecule has 0 heterocycles. The number of phenols is 1. The monoisotopic (exact) mass is 574 g/mol. The number of nitrogens with zero attached hydrogens (tertiary/aromatic N) is 1. The van der Waals surface area contributed by atoms with Crippen LogP contribution >= 0.6 is 0 Å². The van der Waals surface area contributed by atoms with Crippen LogP contribution < -0.4 is 5.73 Å². The van der Waals surface area contributed by atoms with Gasteiger partial charge in [0.05, 0.1) is 5.56 Å². The second kappa shape index (κ2) is 9.81. The van der Waals surface area contributed by atoms with E-state index in [2.05, 4.69) is 17.0 Å². The molecule has 9 heteroatoms. The Hall–Kier alpha value is -3.95. The fourth-order valence-corrected chi connectivity index (χ4v) is 6.99. The van der Waals surface area contributed by atoms with E-state index in [1.165, 1.54) is 0 Å². The van der Waals surface area contributed by atoms with Crippen molar-refractivity contribution >= 4 is 17.5 Å². The lowest BCUT2D eigenvalue weighted by Gasteiger charge is -2.46. The Labute approximate surface area is 245 Å². The van der Waals surface area contributed by atoms with Crippen LogP contribution in [0, 0.1) is 18.8 Å². The summed E-state index contributed by atoms with van der Waals surface area (Å²) in [6.07, 6.45) is 0.0742. The molecule has 6 N–H and O–H groups in total. The molecule has 1 amide bonds. The molecule has 3 aliphatic carbocycles. The molecule has 0 saturated heterocycles. The van der Waals surface area contributed by atoms with Gasteiger partial charge < -0.3 is 31.1 Å². The molecule has 0 fully saturated rings. The quantitative estimate of drug-likeness (QED) is 0.343. The third kappa shape index (κ3) is 4.42. The van der Waals surface area contributed by atoms with Gasteiger partial charge in [-0.2, -0.15) is 0 Å². The summed E-state index contributed by atoms with van der Waals surface area (Å²) in [7, 11) is 3.97. The lowest BCUT2D eigenvalue weighted by molar-refractivity contribution is -0.144. The van der Waals surface area contributed by atoms with Crippen molar-refractivity contribution in [3.8, 4) is 16.9 Å². The maximum absolute atomic E-state index is 14.3. The number of amides is 1. The number of carbonyl (C=O) groups is 3. The summed E-state index contributed by atoms with van der Waals surface area (Å²) in [4.78, 5) is 41.5. The lowest BCUT2D eigenvalue weighted by atomic mass is 9.59. The van der Waals surface area contributed by atoms with E-state index in [-0.39, 0.29) is 36.1 Å². The van der Waals surface area contributed by atoms with Crippen LogP contribution in [0.15, 0.2) is 46.9 Å². The molecule has 2 aromatic rings. The van der Waals surface area contributed by atoms with Crippen LogP contribution in [0.4, 0.5) is 0 Å². The van der Waals surface area contributed by atoms with Crippen LogP contribution in [0.5, 0.6) is 5.75 Å². The molecule has 0 saturated carbocycles. The number of hydrogen-bond donors (Lipinski definition) is 5. The number of rotatable bonds is 4. The molecular formula is C33H38N2O7. The summed E-state index contributed by atoms with van der Waals surface area (Å²) in [5.74, 6) is -6.30. The minimum absolute atomic E-state index is 0.0321. The zero-order chi connectivity index (χ0) is 31.0. The molecule has 0 unspecified atom stereocenters. The highest BCUT2D eigenvalue weighted by Gasteiger charge is 2.59. The van der Waals surface area contributed by atoms with Crippen LogP contribution in [0.1, 0.15) is 66.2 Å². The Morgan fingerprint density at radius 2 is 1.74 bits per heavy atom. The van der Waals surface area contributed by atoms with Gasteiger partial charge in [-0.15, -0.1) is 0 Å². The summed E-state index contributed by atoms with van der Waals surface area (Å²) >= 11 is 0. The van der Waals surface area contributed by atoms with Gasteiger partial charge in [0.25, 0.3) is 5.91 Å². The maximum Gasteiger partial charge on any atom is 0.255 e. The number of carbonyl (C=O) groups excluding carboxylic acids is 3. The molecule has 0 radical (unpaired) electrons. The molecule has 222 valence electrons. The first kappa shape index (κ1) is 29.5. The third-order valence-corrected chi connectivity index (χ3v) is 8.82. The summed E-state index contributed by atoms with van der Waals surface area (Å²) in [5.41, 5.74) is 6.24. The first-order chi connectivity index (χ1) is 19.5. The van der Waals surface area contributed by atoms with Gasteiger partial charge in [0.1, 0.15) is 22.8 Å². The van der Waals surface area contributed by atoms with Crippen LogP contribution in [-0.4, -0.2) is 62.5 Å². The van der Waals surface area contributed by atoms with E-state index in [4.69, 9.17) is 5.73 Å². The smallest absolute Gasteiger partial charge is 0.255 e. The highest BCUT2D eigenvalue weighted by molar-refractivity contribution is 6.24. The van der Waals surface area contributed by atoms with E-state index in [1.54, 1.807) is 0 Å². The van der Waals surface area contributed by atoms with Gasteiger partial charge in [-0.05, 0) is 79.6 Å². The molecule has 2 aromatic carbocycles. The SMILES string of the molecule is Cc1cc(CN(C)C)cc(-c2cc(C(C)(C)C)c(O)c3c2C[C@H]2C[C@H]4CC(O)=C(C(N)=O)C(=O)[C@@]4(O)C(O)=C2C3=O)c1. The number of benzene rings is 2. The van der Waals surface area contributed by atoms with E-state index >= 15 is 0 Å². The molecule has 42 heavy (non-hydrogen) atoms. The summed E-state index contributed by atoms with van der Waals surface area (Å²) in [6, 6.07) is 8.15. The molecule has 9 nitrogen and oxygen atoms in total. The molecular weight excluding hydrogens is 536 g/mol. The lowest BCUT2D eigenvalue weighted by Crippen LogP contribution is -2.57. The number of ketones is 2. The zero-order valence-electron chi connectivity index (χ0n) is 24.8. The zero-order valence-corrected chi connectivity index (χ0v) is 24.8. The molecule has 0 spiro atoms. The number of nitrogens with two attached hydrogens (primary N) is 1. The van der Waals surface area contributed by atoms with Gasteiger partial charge in [0.2, 0.25) is 5.78 Å². The van der Waals surface area contributed by atoms with Crippen molar-refractivity contribution < 1.29 is 34.8 Å². The number of allylic oxidation sites excluding steroid dienone is 2. The highest BCUT2D eigenvalue weighted by Crippen LogP contribution is 2.53. The topological polar surface area (TPSA) is 161 Å². The van der Waals surface area contributed by atoms with E-state index < -0.39 is 57.4 Å². The third-order valence-electron chi connectivity index (χ3n) is 8.82. The molecule has 0 aliphatic heterocycles. The predicted molar refractivity (Wildman–Crippen MR) is 157 cm³/mol. The van der Waals surface area contributed by atoms with Crippen molar-refractivity contribution in [2.45, 2.75) is 64.5 Å². The summed E-state index contributed by atoms with van der Waals surface area (Å²) in [6.45, 7) is 8.50. The first-order valence-corrected chi connectivity index (χ1v) is 14.1. The Bertz CT molecular complexity index is 1630. The van der Waals surface area contributed by atoms with Crippen molar-refractivity contribution in [3.05, 3.63) is 74.7 Å². The second-order valence-electron chi connectivity index (χ2n) is 13.3. The molecule has 5 rings (SSSR count). The highest BCUT2D eigenvalue weighted by atomic mass is 16.3. The van der Waals surface area contributed by atoms with E-state index in [0.29, 0.717) is 17.7 Å². The Morgan fingerprint density at radius 1 is 1.07 bits per heavy atom. The summed E-state index contributed by atoms with van der Waals surface area (Å²) < 4.78 is 0. The number of Topliss-reactive ketones (excluding diaryl/α,β-unsaturated/α-hetero) is 2. The molecule has 0 bridgehead atoms. The van der Waals surface area contributed by atoms with E-state index in [9.17, 15) is 34.8 Å². The van der Waals surface area contributed by atoms with Gasteiger partial charge in [0.15, 0.2) is 11.4 Å².